The molecule has 4 aromatic carbocycles. The Morgan fingerprint density at radius 3 is 1.25 bits per heavy atom. The lowest BCUT2D eigenvalue weighted by molar-refractivity contribution is 0.0863. The molecule has 10 bridgehead atoms. The number of amidine groups is 4. The molecule has 6 unspecified atom stereocenters. The minimum Gasteiger partial charge on any atom is -0.361 e. The Morgan fingerprint density at radius 1 is 0.441 bits per heavy atom. The number of nitrogens with zero attached hydrogens (tertiary/aromatic N) is 8. The van der Waals surface area contributed by atoms with E-state index in [2.05, 4.69) is 106 Å². The molecule has 10 nitrogen and oxygen atoms in total. The van der Waals surface area contributed by atoms with Crippen LogP contribution in [-0.2, 0) is 8.85 Å². The molecule has 2 aromatic heterocycles. The Bertz CT molecular complexity index is 2900. The minimum absolute atomic E-state index is 0.447. The van der Waals surface area contributed by atoms with Crippen LogP contribution >= 0.6 is 0 Å². The number of aromatic nitrogens is 2. The van der Waals surface area contributed by atoms with Gasteiger partial charge >= 0.3 is 8.88 Å². The lowest BCUT2D eigenvalue weighted by Gasteiger charge is -2.36. The number of rotatable bonds is 6. The van der Waals surface area contributed by atoms with Crippen molar-refractivity contribution in [2.75, 3.05) is 13.2 Å². The number of aliphatic imine (C=N–C) groups is 4. The summed E-state index contributed by atoms with van der Waals surface area (Å²) in [4.78, 5) is 33.0. The summed E-state index contributed by atoms with van der Waals surface area (Å²) < 4.78 is 20.5. The van der Waals surface area contributed by atoms with Gasteiger partial charge in [-0.1, -0.05) is 110 Å². The first-order valence-corrected chi connectivity index (χ1v) is 23.4. The van der Waals surface area contributed by atoms with Gasteiger partial charge in [-0.05, 0) is 74.0 Å². The summed E-state index contributed by atoms with van der Waals surface area (Å²) in [5, 5.41) is 3.86. The minimum atomic E-state index is -4.08. The van der Waals surface area contributed by atoms with Crippen LogP contribution in [0.5, 0.6) is 0 Å². The van der Waals surface area contributed by atoms with E-state index in [1.165, 1.54) is 51.4 Å². The van der Waals surface area contributed by atoms with Gasteiger partial charge in [0.05, 0.1) is 0 Å². The molecule has 11 heteroatoms. The van der Waals surface area contributed by atoms with E-state index in [-0.39, 0.29) is 0 Å². The maximum absolute atomic E-state index is 7.98. The molecular weight excluding hydrogens is 749 g/mol. The average molecular weight is 791 g/mol. The number of hydrogen-bond acceptors (Lipinski definition) is 8. The molecule has 14 rings (SSSR count). The first-order valence-electron chi connectivity index (χ1n) is 21.7. The largest absolute Gasteiger partial charge is 0.603 e. The van der Waals surface area contributed by atoms with Crippen LogP contribution in [0.15, 0.2) is 127 Å². The van der Waals surface area contributed by atoms with Crippen LogP contribution in [0.1, 0.15) is 73.6 Å². The van der Waals surface area contributed by atoms with Gasteiger partial charge in [-0.2, -0.15) is 0 Å². The molecule has 0 spiro atoms. The van der Waals surface area contributed by atoms with Crippen LogP contribution in [-0.4, -0.2) is 53.9 Å². The van der Waals surface area contributed by atoms with E-state index in [1.807, 2.05) is 0 Å². The quantitative estimate of drug-likeness (QED) is 0.159. The van der Waals surface area contributed by atoms with Gasteiger partial charge in [0, 0.05) is 57.0 Å². The maximum atomic E-state index is 7.98. The van der Waals surface area contributed by atoms with Crippen LogP contribution in [0.3, 0.4) is 0 Å². The molecule has 6 atom stereocenters. The van der Waals surface area contributed by atoms with Gasteiger partial charge in [0.2, 0.25) is 0 Å². The third-order valence-electron chi connectivity index (χ3n) is 15.1. The summed E-state index contributed by atoms with van der Waals surface area (Å²) in [5.41, 5.74) is 5.26. The van der Waals surface area contributed by atoms with Crippen LogP contribution in [0.4, 0.5) is 11.6 Å². The zero-order valence-corrected chi connectivity index (χ0v) is 33.7. The Labute approximate surface area is 341 Å². The fraction of sp³-hybridized carbons (Fsp3) is 0.333. The van der Waals surface area contributed by atoms with Crippen LogP contribution in [0, 0.1) is 35.5 Å². The zero-order chi connectivity index (χ0) is 38.4. The smallest absolute Gasteiger partial charge is 0.361 e. The first kappa shape index (κ1) is 33.2. The fourth-order valence-electron chi connectivity index (χ4n) is 12.3. The highest BCUT2D eigenvalue weighted by molar-refractivity contribution is 6.66. The summed E-state index contributed by atoms with van der Waals surface area (Å²) in [6.07, 6.45) is 10.2. The van der Waals surface area contributed by atoms with Crippen molar-refractivity contribution in [1.29, 1.82) is 0 Å². The van der Waals surface area contributed by atoms with Crippen molar-refractivity contribution < 1.29 is 8.85 Å². The lowest BCUT2D eigenvalue weighted by atomic mass is 9.90. The van der Waals surface area contributed by atoms with Gasteiger partial charge in [0.1, 0.15) is 22.6 Å². The monoisotopic (exact) mass is 790 g/mol. The molecule has 6 heterocycles. The van der Waals surface area contributed by atoms with Gasteiger partial charge in [-0.25, -0.2) is 30.0 Å². The molecule has 0 saturated heterocycles. The molecule has 290 valence electrons. The van der Waals surface area contributed by atoms with Crippen molar-refractivity contribution >= 4 is 65.4 Å². The van der Waals surface area contributed by atoms with Crippen molar-refractivity contribution in [3.63, 3.8) is 0 Å². The lowest BCUT2D eigenvalue weighted by Crippen LogP contribution is -2.64. The molecule has 4 fully saturated rings. The van der Waals surface area contributed by atoms with E-state index < -0.39 is 8.88 Å². The highest BCUT2D eigenvalue weighted by Crippen LogP contribution is 2.51. The van der Waals surface area contributed by atoms with E-state index in [4.69, 9.17) is 38.8 Å². The number of fused-ring (bicyclic) bond motifs is 18. The number of hydrogen-bond donors (Lipinski definition) is 0. The standard InChI is InChI=1S/C48H42N8O2Si/c1-2-10-34-33(9-1)41-49-42(34)52-46-39-15-7-8-16-40(39)48-54-44-36-12-4-3-11-35(36)43(50-44)53-47-38-14-6-5-13-37(38)45(51-41)55(47)59(56(46)48,57-25-31-23-27-17-19-29(31)21-27)58-26-32-24-28-18-20-30(32)22-28/h1-16,27-32H,17-26H2/b51-41-,51-45?,52-42?,52-46-,53-43-,53-47?,54-44?,54-48-. The summed E-state index contributed by atoms with van der Waals surface area (Å²) >= 11 is 0. The average Bonchev–Trinajstić information content (AvgIpc) is 4.17. The van der Waals surface area contributed by atoms with Gasteiger partial charge < -0.3 is 8.85 Å². The first-order chi connectivity index (χ1) is 29.2. The highest BCUT2D eigenvalue weighted by atomic mass is 28.4. The molecule has 4 aliphatic carbocycles. The van der Waals surface area contributed by atoms with E-state index in [0.29, 0.717) is 60.2 Å². The second-order valence-electron chi connectivity index (χ2n) is 18.2. The Balaban J connectivity index is 1.17. The van der Waals surface area contributed by atoms with Gasteiger partial charge in [-0.15, -0.1) is 0 Å². The summed E-state index contributed by atoms with van der Waals surface area (Å²) in [6.45, 7) is 1.17. The number of benzene rings is 4. The molecule has 8 aliphatic rings. The normalized spacial score (nSPS) is 31.7. The van der Waals surface area contributed by atoms with Gasteiger partial charge in [0.25, 0.3) is 0 Å². The highest BCUT2D eigenvalue weighted by Gasteiger charge is 2.55. The van der Waals surface area contributed by atoms with Crippen molar-refractivity contribution in [2.24, 2.45) is 65.5 Å². The van der Waals surface area contributed by atoms with Gasteiger partial charge in [0.15, 0.2) is 23.3 Å². The van der Waals surface area contributed by atoms with Crippen LogP contribution < -0.4 is 11.0 Å². The van der Waals surface area contributed by atoms with Crippen molar-refractivity contribution in [1.82, 2.24) is 8.47 Å². The molecule has 0 amide bonds. The Hall–Kier alpha value is -5.62. The molecule has 6 aromatic rings. The van der Waals surface area contributed by atoms with E-state index in [0.717, 1.165) is 78.2 Å². The second kappa shape index (κ2) is 12.2. The fourth-order valence-corrected chi connectivity index (χ4v) is 15.7. The summed E-state index contributed by atoms with van der Waals surface area (Å²) in [5.74, 6) is 7.73. The van der Waals surface area contributed by atoms with Crippen molar-refractivity contribution in [3.8, 4) is 0 Å². The molecular formula is C48H42N8O2Si. The summed E-state index contributed by atoms with van der Waals surface area (Å²) in [6, 6.07) is 33.7. The van der Waals surface area contributed by atoms with E-state index in [9.17, 15) is 0 Å². The molecule has 0 N–H and O–H groups in total. The Kier molecular flexibility index (Phi) is 6.88. The SMILES string of the molecule is c1ccc2c(c1)C1=NC/2=N\c2c3ccccc3c3n2[Si](OCC2CC4CCC2C4)(OCC2CC4CCC2C4)n2/c(c4ccccc4/c2=N/C2=NC(=N\3)/c3ccccc32)=N\1. The van der Waals surface area contributed by atoms with Crippen molar-refractivity contribution in [2.45, 2.75) is 51.4 Å². The second-order valence-corrected chi connectivity index (χ2v) is 20.7. The third kappa shape index (κ3) is 4.69. The van der Waals surface area contributed by atoms with Gasteiger partial charge in [-0.3, -0.25) is 8.47 Å². The topological polar surface area (TPSA) is 102 Å². The van der Waals surface area contributed by atoms with E-state index in [1.54, 1.807) is 0 Å². The van der Waals surface area contributed by atoms with Crippen LogP contribution in [0.2, 0.25) is 0 Å². The Morgan fingerprint density at radius 2 is 0.847 bits per heavy atom. The van der Waals surface area contributed by atoms with E-state index >= 15 is 0 Å². The molecule has 4 aliphatic heterocycles. The van der Waals surface area contributed by atoms with Crippen LogP contribution in [0.25, 0.3) is 21.5 Å². The maximum Gasteiger partial charge on any atom is 0.603 e. The summed E-state index contributed by atoms with van der Waals surface area (Å²) in [7, 11) is -4.08. The molecule has 4 saturated carbocycles. The molecule has 0 radical (unpaired) electrons. The van der Waals surface area contributed by atoms with Crippen molar-refractivity contribution in [3.05, 3.63) is 130 Å². The molecule has 59 heavy (non-hydrogen) atoms. The zero-order valence-electron chi connectivity index (χ0n) is 32.7. The third-order valence-corrected chi connectivity index (χ3v) is 18.1. The predicted molar refractivity (Wildman–Crippen MR) is 231 cm³/mol. The predicted octanol–water partition coefficient (Wildman–Crippen LogP) is 8.28.